The summed E-state index contributed by atoms with van der Waals surface area (Å²) in [5.74, 6) is -2.11. The number of fused-ring (bicyclic) bond motifs is 1. The fourth-order valence-electron chi connectivity index (χ4n) is 1.59. The second-order valence-corrected chi connectivity index (χ2v) is 5.18. The van der Waals surface area contributed by atoms with Crippen molar-refractivity contribution in [2.24, 2.45) is 0 Å². The molecule has 0 aliphatic heterocycles. The van der Waals surface area contributed by atoms with Gasteiger partial charge < -0.3 is 19.9 Å². The molecule has 3 N–H and O–H groups in total. The number of hydrogen-bond acceptors (Lipinski definition) is 4. The lowest BCUT2D eigenvalue weighted by Gasteiger charge is -2.09. The molecule has 6 heteroatoms. The molecule has 0 saturated heterocycles. The van der Waals surface area contributed by atoms with Gasteiger partial charge in [0.1, 0.15) is 0 Å². The number of phenols is 2. The summed E-state index contributed by atoms with van der Waals surface area (Å²) >= 11 is -1.63. The molecule has 0 fully saturated rings. The highest BCUT2D eigenvalue weighted by Gasteiger charge is 2.16. The third kappa shape index (κ3) is 2.49. The molecule has 1 atom stereocenters. The minimum atomic E-state index is -1.63. The monoisotopic (exact) mass is 266 g/mol. The fourth-order valence-corrected chi connectivity index (χ4v) is 2.46. The highest BCUT2D eigenvalue weighted by atomic mass is 32.2. The van der Waals surface area contributed by atoms with Gasteiger partial charge in [-0.15, -0.1) is 0 Å². The van der Waals surface area contributed by atoms with Crippen molar-refractivity contribution in [3.8, 4) is 11.5 Å². The van der Waals surface area contributed by atoms with Crippen molar-refractivity contribution in [2.75, 3.05) is 5.75 Å². The molecular weight excluding hydrogens is 256 g/mol. The summed E-state index contributed by atoms with van der Waals surface area (Å²) in [4.78, 5) is 10.8. The van der Waals surface area contributed by atoms with Gasteiger partial charge in [0.05, 0.1) is 0 Å². The van der Waals surface area contributed by atoms with Gasteiger partial charge in [-0.1, -0.05) is 0 Å². The molecule has 2 aromatic rings. The van der Waals surface area contributed by atoms with Crippen LogP contribution in [0.15, 0.2) is 35.2 Å². The van der Waals surface area contributed by atoms with Crippen molar-refractivity contribution in [2.45, 2.75) is 4.90 Å². The van der Waals surface area contributed by atoms with E-state index in [0.717, 1.165) is 0 Å². The molecule has 0 heterocycles. The number of hydrogen-bond donors (Lipinski definition) is 3. The van der Waals surface area contributed by atoms with Gasteiger partial charge >= 0.3 is 5.97 Å². The predicted octanol–water partition coefficient (Wildman–Crippen LogP) is 1.44. The first-order chi connectivity index (χ1) is 8.47. The Balaban J connectivity index is 2.43. The Hall–Kier alpha value is -1.92. The molecule has 2 rings (SSSR count). The number of benzene rings is 2. The second-order valence-electron chi connectivity index (χ2n) is 3.73. The lowest BCUT2D eigenvalue weighted by atomic mass is 10.1. The van der Waals surface area contributed by atoms with Crippen LogP contribution >= 0.6 is 0 Å². The van der Waals surface area contributed by atoms with Gasteiger partial charge in [0.25, 0.3) is 0 Å². The maximum Gasteiger partial charge on any atom is 0.354 e. The Morgan fingerprint density at radius 1 is 1.11 bits per heavy atom. The molecule has 5 nitrogen and oxygen atoms in total. The lowest BCUT2D eigenvalue weighted by molar-refractivity contribution is -0.134. The van der Waals surface area contributed by atoms with Crippen molar-refractivity contribution in [3.63, 3.8) is 0 Å². The zero-order valence-corrected chi connectivity index (χ0v) is 9.98. The average Bonchev–Trinajstić information content (AvgIpc) is 2.29. The Morgan fingerprint density at radius 3 is 2.33 bits per heavy atom. The number of carboxylic acid groups (broad SMARTS) is 1. The van der Waals surface area contributed by atoms with Crippen molar-refractivity contribution >= 4 is 27.9 Å². The smallest absolute Gasteiger partial charge is 0.354 e. The van der Waals surface area contributed by atoms with Crippen LogP contribution in [-0.2, 0) is 16.0 Å². The van der Waals surface area contributed by atoms with Gasteiger partial charge in [-0.3, -0.25) is 0 Å². The molecule has 0 saturated carbocycles. The normalized spacial score (nSPS) is 12.5. The SMILES string of the molecule is O=C(O)C[S+]([O-])c1ccc2cc(O)c(O)cc2c1. The average molecular weight is 266 g/mol. The Morgan fingerprint density at radius 2 is 1.72 bits per heavy atom. The number of rotatable bonds is 3. The second kappa shape index (κ2) is 4.75. The molecule has 2 aromatic carbocycles. The molecule has 0 spiro atoms. The molecule has 0 aromatic heterocycles. The van der Waals surface area contributed by atoms with Crippen molar-refractivity contribution in [1.29, 1.82) is 0 Å². The largest absolute Gasteiger partial charge is 0.611 e. The molecule has 0 amide bonds. The van der Waals surface area contributed by atoms with E-state index in [2.05, 4.69) is 0 Å². The van der Waals surface area contributed by atoms with E-state index in [4.69, 9.17) is 5.11 Å². The predicted molar refractivity (Wildman–Crippen MR) is 66.2 cm³/mol. The van der Waals surface area contributed by atoms with Crippen LogP contribution in [0, 0.1) is 0 Å². The van der Waals surface area contributed by atoms with Crippen LogP contribution in [0.2, 0.25) is 0 Å². The molecule has 1 unspecified atom stereocenters. The van der Waals surface area contributed by atoms with Crippen molar-refractivity contribution < 1.29 is 24.7 Å². The first-order valence-corrected chi connectivity index (χ1v) is 6.35. The Labute approximate surface area is 105 Å². The number of carbonyl (C=O) groups is 1. The van der Waals surface area contributed by atoms with Crippen LogP contribution in [0.1, 0.15) is 0 Å². The highest BCUT2D eigenvalue weighted by Crippen LogP contribution is 2.31. The first-order valence-electron chi connectivity index (χ1n) is 5.03. The number of phenolic OH excluding ortho intramolecular Hbond substituents is 2. The van der Waals surface area contributed by atoms with E-state index in [-0.39, 0.29) is 11.5 Å². The topological polar surface area (TPSA) is 101 Å². The molecule has 0 aliphatic rings. The van der Waals surface area contributed by atoms with Gasteiger partial charge in [-0.25, -0.2) is 4.79 Å². The van der Waals surface area contributed by atoms with Crippen LogP contribution in [0.25, 0.3) is 10.8 Å². The first kappa shape index (κ1) is 12.5. The van der Waals surface area contributed by atoms with Gasteiger partial charge in [-0.05, 0) is 46.2 Å². The summed E-state index contributed by atoms with van der Waals surface area (Å²) in [5.41, 5.74) is 0. The third-order valence-corrected chi connectivity index (χ3v) is 3.71. The van der Waals surface area contributed by atoms with Crippen LogP contribution in [0.5, 0.6) is 11.5 Å². The highest BCUT2D eigenvalue weighted by molar-refractivity contribution is 7.92. The summed E-state index contributed by atoms with van der Waals surface area (Å²) in [6.45, 7) is 0. The van der Waals surface area contributed by atoms with Gasteiger partial charge in [-0.2, -0.15) is 0 Å². The van der Waals surface area contributed by atoms with Crippen molar-refractivity contribution in [1.82, 2.24) is 0 Å². The molecule has 0 bridgehead atoms. The molecule has 0 radical (unpaired) electrons. The van der Waals surface area contributed by atoms with Gasteiger partial charge in [0.15, 0.2) is 16.4 Å². The summed E-state index contributed by atoms with van der Waals surface area (Å²) < 4.78 is 11.7. The Bertz CT molecular complexity index is 611. The van der Waals surface area contributed by atoms with E-state index < -0.39 is 22.9 Å². The van der Waals surface area contributed by atoms with Crippen LogP contribution in [0.3, 0.4) is 0 Å². The summed E-state index contributed by atoms with van der Waals surface area (Å²) in [5, 5.41) is 28.5. The number of carboxylic acids is 1. The molecule has 18 heavy (non-hydrogen) atoms. The quantitative estimate of drug-likeness (QED) is 0.576. The van der Waals surface area contributed by atoms with E-state index in [9.17, 15) is 19.6 Å². The fraction of sp³-hybridized carbons (Fsp3) is 0.0833. The van der Waals surface area contributed by atoms with Crippen LogP contribution in [-0.4, -0.2) is 31.6 Å². The molecule has 94 valence electrons. The minimum absolute atomic E-state index is 0.234. The van der Waals surface area contributed by atoms with Gasteiger partial charge in [0.2, 0.25) is 5.75 Å². The van der Waals surface area contributed by atoms with E-state index in [1.165, 1.54) is 24.3 Å². The number of aromatic hydroxyl groups is 2. The van der Waals surface area contributed by atoms with E-state index in [1.807, 2.05) is 0 Å². The van der Waals surface area contributed by atoms with Crippen LogP contribution in [0.4, 0.5) is 0 Å². The minimum Gasteiger partial charge on any atom is -0.611 e. The number of aliphatic carboxylic acids is 1. The van der Waals surface area contributed by atoms with Gasteiger partial charge in [0, 0.05) is 6.07 Å². The summed E-state index contributed by atoms with van der Waals surface area (Å²) in [7, 11) is 0. The zero-order chi connectivity index (χ0) is 13.3. The van der Waals surface area contributed by atoms with Crippen LogP contribution < -0.4 is 0 Å². The van der Waals surface area contributed by atoms with E-state index in [0.29, 0.717) is 15.7 Å². The summed E-state index contributed by atoms with van der Waals surface area (Å²) in [6, 6.07) is 7.41. The molecular formula is C12H10O5S. The van der Waals surface area contributed by atoms with Crippen molar-refractivity contribution in [3.05, 3.63) is 30.3 Å². The third-order valence-electron chi connectivity index (χ3n) is 2.42. The Kier molecular flexibility index (Phi) is 3.31. The maximum atomic E-state index is 11.7. The zero-order valence-electron chi connectivity index (χ0n) is 9.16. The maximum absolute atomic E-state index is 11.7. The van der Waals surface area contributed by atoms with E-state index >= 15 is 0 Å². The standard InChI is InChI=1S/C12H10O5S/c13-10-4-7-1-2-9(18(17)6-12(15)16)3-8(7)5-11(10)14/h1-5,13-14H,6H2,(H,15,16). The van der Waals surface area contributed by atoms with E-state index in [1.54, 1.807) is 6.07 Å². The lowest BCUT2D eigenvalue weighted by Crippen LogP contribution is -2.15. The summed E-state index contributed by atoms with van der Waals surface area (Å²) in [6.07, 6.45) is 0. The molecule has 0 aliphatic carbocycles.